The van der Waals surface area contributed by atoms with Crippen LogP contribution in [-0.2, 0) is 4.79 Å². The van der Waals surface area contributed by atoms with E-state index in [1.54, 1.807) is 18.2 Å². The first-order valence-electron chi connectivity index (χ1n) is 6.37. The second-order valence-corrected chi connectivity index (χ2v) is 4.82. The van der Waals surface area contributed by atoms with E-state index in [4.69, 9.17) is 4.74 Å². The molecule has 0 atom stereocenters. The molecule has 0 amide bonds. The van der Waals surface area contributed by atoms with E-state index in [0.29, 0.717) is 10.8 Å². The van der Waals surface area contributed by atoms with Crippen molar-refractivity contribution in [2.75, 3.05) is 0 Å². The number of ketones is 2. The Bertz CT molecular complexity index is 891. The quantitative estimate of drug-likeness (QED) is 0.619. The Morgan fingerprint density at radius 1 is 1.00 bits per heavy atom. The number of aliphatic hydroxyl groups excluding tert-OH is 2. The molecule has 0 bridgehead atoms. The molecule has 0 unspecified atom stereocenters. The molecule has 0 heterocycles. The minimum atomic E-state index is -0.984. The number of rotatable bonds is 1. The topological polar surface area (TPSA) is 101 Å². The van der Waals surface area contributed by atoms with Crippen LogP contribution in [0.3, 0.4) is 0 Å². The Labute approximate surface area is 124 Å². The van der Waals surface area contributed by atoms with Crippen molar-refractivity contribution in [1.82, 2.24) is 0 Å². The first kappa shape index (κ1) is 13.8. The summed E-state index contributed by atoms with van der Waals surface area (Å²) in [6.07, 6.45) is 0. The Morgan fingerprint density at radius 3 is 2.18 bits per heavy atom. The lowest BCUT2D eigenvalue weighted by Gasteiger charge is -2.16. The maximum Gasteiger partial charge on any atom is 0.308 e. The molecule has 0 spiro atoms. The predicted octanol–water partition coefficient (Wildman–Crippen LogP) is 2.47. The van der Waals surface area contributed by atoms with Crippen LogP contribution in [0, 0.1) is 0 Å². The van der Waals surface area contributed by atoms with E-state index in [9.17, 15) is 24.6 Å². The molecule has 0 radical (unpaired) electrons. The molecular formula is C16H10O6. The summed E-state index contributed by atoms with van der Waals surface area (Å²) in [4.78, 5) is 35.1. The first-order valence-corrected chi connectivity index (χ1v) is 6.37. The molecule has 22 heavy (non-hydrogen) atoms. The highest BCUT2D eigenvalue weighted by atomic mass is 16.5. The van der Waals surface area contributed by atoms with Crippen LogP contribution in [0.5, 0.6) is 5.75 Å². The summed E-state index contributed by atoms with van der Waals surface area (Å²) in [5.74, 6) is -3.91. The number of benzene rings is 2. The highest BCUT2D eigenvalue weighted by Gasteiger charge is 2.32. The Balaban J connectivity index is 2.30. The van der Waals surface area contributed by atoms with E-state index in [-0.39, 0.29) is 16.9 Å². The van der Waals surface area contributed by atoms with E-state index in [2.05, 4.69) is 0 Å². The van der Waals surface area contributed by atoms with E-state index < -0.39 is 29.1 Å². The van der Waals surface area contributed by atoms with E-state index in [0.717, 1.165) is 0 Å². The molecule has 2 N–H and O–H groups in total. The fourth-order valence-corrected chi connectivity index (χ4v) is 2.39. The molecule has 0 aromatic heterocycles. The Morgan fingerprint density at radius 2 is 1.59 bits per heavy atom. The molecule has 6 heteroatoms. The van der Waals surface area contributed by atoms with Gasteiger partial charge in [0.2, 0.25) is 23.1 Å². The second kappa shape index (κ2) is 4.70. The van der Waals surface area contributed by atoms with Crippen LogP contribution in [0.25, 0.3) is 10.8 Å². The molecule has 1 aliphatic carbocycles. The van der Waals surface area contributed by atoms with Crippen molar-refractivity contribution in [3.05, 3.63) is 53.0 Å². The Hall–Kier alpha value is -3.15. The number of hydrogen-bond acceptors (Lipinski definition) is 6. The molecule has 2 aromatic rings. The zero-order valence-corrected chi connectivity index (χ0v) is 11.4. The number of allylic oxidation sites excluding steroid dienone is 2. The average molecular weight is 298 g/mol. The molecule has 2 aromatic carbocycles. The van der Waals surface area contributed by atoms with Gasteiger partial charge in [-0.3, -0.25) is 14.4 Å². The maximum atomic E-state index is 12.0. The van der Waals surface area contributed by atoms with Crippen molar-refractivity contribution in [2.24, 2.45) is 0 Å². The summed E-state index contributed by atoms with van der Waals surface area (Å²) < 4.78 is 5.07. The lowest BCUT2D eigenvalue weighted by atomic mass is 9.89. The number of aliphatic hydroxyl groups is 2. The highest BCUT2D eigenvalue weighted by Crippen LogP contribution is 2.32. The summed E-state index contributed by atoms with van der Waals surface area (Å²) in [6.45, 7) is 1.25. The van der Waals surface area contributed by atoms with Crippen LogP contribution in [0.2, 0.25) is 0 Å². The number of hydrogen-bond donors (Lipinski definition) is 2. The number of Topliss-reactive ketones (excluding diaryl/α,β-unsaturated/α-hetero) is 2. The largest absolute Gasteiger partial charge is 0.501 e. The van der Waals surface area contributed by atoms with Crippen molar-refractivity contribution < 1.29 is 29.3 Å². The molecule has 1 aliphatic rings. The molecule has 0 fully saturated rings. The smallest absolute Gasteiger partial charge is 0.308 e. The fraction of sp³-hybridized carbons (Fsp3) is 0.0625. The van der Waals surface area contributed by atoms with Gasteiger partial charge in [-0.25, -0.2) is 0 Å². The molecule has 110 valence electrons. The van der Waals surface area contributed by atoms with E-state index >= 15 is 0 Å². The summed E-state index contributed by atoms with van der Waals surface area (Å²) in [7, 11) is 0. The van der Waals surface area contributed by atoms with Gasteiger partial charge in [-0.15, -0.1) is 0 Å². The summed E-state index contributed by atoms with van der Waals surface area (Å²) in [5, 5.41) is 20.0. The molecule has 0 saturated carbocycles. The lowest BCUT2D eigenvalue weighted by molar-refractivity contribution is -0.131. The van der Waals surface area contributed by atoms with Crippen molar-refractivity contribution in [1.29, 1.82) is 0 Å². The molecule has 0 saturated heterocycles. The van der Waals surface area contributed by atoms with Gasteiger partial charge in [0, 0.05) is 23.4 Å². The van der Waals surface area contributed by atoms with Gasteiger partial charge in [0.05, 0.1) is 0 Å². The number of fused-ring (bicyclic) bond motifs is 2. The number of carbonyl (C=O) groups is 3. The molecular weight excluding hydrogens is 288 g/mol. The highest BCUT2D eigenvalue weighted by molar-refractivity contribution is 6.26. The fourth-order valence-electron chi connectivity index (χ4n) is 2.39. The van der Waals surface area contributed by atoms with Crippen molar-refractivity contribution >= 4 is 28.3 Å². The van der Waals surface area contributed by atoms with E-state index in [1.807, 2.05) is 0 Å². The van der Waals surface area contributed by atoms with Gasteiger partial charge < -0.3 is 14.9 Å². The SMILES string of the molecule is CC(=O)Oc1cccc2cc3c(cc12)C(=O)C(O)=C(O)C3=O. The minimum absolute atomic E-state index is 0.00669. The number of ether oxygens (including phenoxy) is 1. The lowest BCUT2D eigenvalue weighted by Crippen LogP contribution is -2.21. The van der Waals surface area contributed by atoms with Crippen LogP contribution in [-0.4, -0.2) is 27.7 Å². The van der Waals surface area contributed by atoms with Gasteiger partial charge in [-0.05, 0) is 23.6 Å². The van der Waals surface area contributed by atoms with Crippen LogP contribution >= 0.6 is 0 Å². The van der Waals surface area contributed by atoms with Crippen LogP contribution in [0.4, 0.5) is 0 Å². The maximum absolute atomic E-state index is 12.0. The van der Waals surface area contributed by atoms with Gasteiger partial charge in [0.1, 0.15) is 5.75 Å². The molecule has 0 aliphatic heterocycles. The van der Waals surface area contributed by atoms with Crippen molar-refractivity contribution in [3.8, 4) is 5.75 Å². The number of carbonyl (C=O) groups excluding carboxylic acids is 3. The third-order valence-electron chi connectivity index (χ3n) is 3.38. The first-order chi connectivity index (χ1) is 10.4. The van der Waals surface area contributed by atoms with Crippen molar-refractivity contribution in [2.45, 2.75) is 6.92 Å². The van der Waals surface area contributed by atoms with Crippen molar-refractivity contribution in [3.63, 3.8) is 0 Å². The average Bonchev–Trinajstić information content (AvgIpc) is 2.49. The van der Waals surface area contributed by atoms with Crippen LogP contribution < -0.4 is 4.74 Å². The molecule has 3 rings (SSSR count). The predicted molar refractivity (Wildman–Crippen MR) is 76.2 cm³/mol. The third kappa shape index (κ3) is 1.93. The second-order valence-electron chi connectivity index (χ2n) is 4.82. The summed E-state index contributed by atoms with van der Waals surface area (Å²) >= 11 is 0. The summed E-state index contributed by atoms with van der Waals surface area (Å²) in [6, 6.07) is 7.65. The van der Waals surface area contributed by atoms with Gasteiger partial charge in [0.15, 0.2) is 0 Å². The third-order valence-corrected chi connectivity index (χ3v) is 3.38. The van der Waals surface area contributed by atoms with Crippen LogP contribution in [0.1, 0.15) is 27.6 Å². The zero-order valence-electron chi connectivity index (χ0n) is 11.4. The normalized spacial score (nSPS) is 14.2. The summed E-state index contributed by atoms with van der Waals surface area (Å²) in [5.41, 5.74) is -0.0554. The number of esters is 1. The standard InChI is InChI=1S/C16H10O6/c1-7(17)22-12-4-2-3-8-5-10-11(6-9(8)12)14(19)16(21)15(20)13(10)18/h2-6,20-21H,1H3. The monoisotopic (exact) mass is 298 g/mol. The van der Waals surface area contributed by atoms with Crippen LogP contribution in [0.15, 0.2) is 41.9 Å². The van der Waals surface area contributed by atoms with Gasteiger partial charge in [-0.1, -0.05) is 12.1 Å². The van der Waals surface area contributed by atoms with Gasteiger partial charge >= 0.3 is 5.97 Å². The van der Waals surface area contributed by atoms with Gasteiger partial charge in [0.25, 0.3) is 0 Å². The Kier molecular flexibility index (Phi) is 2.95. The van der Waals surface area contributed by atoms with E-state index in [1.165, 1.54) is 19.1 Å². The van der Waals surface area contributed by atoms with Gasteiger partial charge in [-0.2, -0.15) is 0 Å². The zero-order chi connectivity index (χ0) is 16.0. The minimum Gasteiger partial charge on any atom is -0.501 e. The molecule has 6 nitrogen and oxygen atoms in total.